The summed E-state index contributed by atoms with van der Waals surface area (Å²) < 4.78 is 10.5. The van der Waals surface area contributed by atoms with E-state index >= 15 is 0 Å². The van der Waals surface area contributed by atoms with Crippen molar-refractivity contribution in [2.75, 3.05) is 7.11 Å². The van der Waals surface area contributed by atoms with Gasteiger partial charge in [-0.05, 0) is 61.4 Å². The van der Waals surface area contributed by atoms with Crippen LogP contribution in [0.4, 0.5) is 0 Å². The number of aryl methyl sites for hydroxylation is 1. The van der Waals surface area contributed by atoms with Crippen molar-refractivity contribution in [3.05, 3.63) is 51.2 Å². The minimum atomic E-state index is -0.839. The summed E-state index contributed by atoms with van der Waals surface area (Å²) in [6, 6.07) is 9.37. The van der Waals surface area contributed by atoms with Crippen LogP contribution in [-0.2, 0) is 28.9 Å². The van der Waals surface area contributed by atoms with Gasteiger partial charge in [-0.1, -0.05) is 19.1 Å². The topological polar surface area (TPSA) is 64.6 Å². The lowest BCUT2D eigenvalue weighted by atomic mass is 9.90. The molecule has 1 heterocycles. The van der Waals surface area contributed by atoms with E-state index in [9.17, 15) is 9.59 Å². The van der Waals surface area contributed by atoms with Gasteiger partial charge in [0.05, 0.1) is 7.11 Å². The third kappa shape index (κ3) is 4.89. The average Bonchev–Trinajstić information content (AvgIpc) is 3.09. The van der Waals surface area contributed by atoms with Crippen LogP contribution in [0.15, 0.2) is 30.3 Å². The summed E-state index contributed by atoms with van der Waals surface area (Å²) in [4.78, 5) is 26.5. The van der Waals surface area contributed by atoms with Gasteiger partial charge < -0.3 is 14.8 Å². The molecular weight excluding hydrogens is 362 g/mol. The molecule has 1 N–H and O–H groups in total. The molecule has 6 heteroatoms. The maximum atomic E-state index is 12.4. The second-order valence-electron chi connectivity index (χ2n) is 7.02. The van der Waals surface area contributed by atoms with E-state index in [1.807, 2.05) is 30.3 Å². The number of ether oxygens (including phenoxy) is 2. The number of nitrogens with one attached hydrogen (secondary N) is 1. The highest BCUT2D eigenvalue weighted by atomic mass is 32.1. The molecule has 0 fully saturated rings. The van der Waals surface area contributed by atoms with Gasteiger partial charge in [0.2, 0.25) is 0 Å². The summed E-state index contributed by atoms with van der Waals surface area (Å²) in [6.07, 6.45) is 2.35. The maximum Gasteiger partial charge on any atom is 0.349 e. The zero-order valence-corrected chi connectivity index (χ0v) is 16.7. The summed E-state index contributed by atoms with van der Waals surface area (Å²) >= 11 is 1.49. The largest absolute Gasteiger partial charge is 0.497 e. The zero-order valence-electron chi connectivity index (χ0n) is 15.9. The number of amides is 1. The van der Waals surface area contributed by atoms with E-state index < -0.39 is 12.1 Å². The van der Waals surface area contributed by atoms with Gasteiger partial charge in [0.15, 0.2) is 6.10 Å². The molecule has 0 spiro atoms. The Morgan fingerprint density at radius 3 is 2.74 bits per heavy atom. The van der Waals surface area contributed by atoms with Crippen molar-refractivity contribution in [3.8, 4) is 5.75 Å². The Morgan fingerprint density at radius 2 is 2.04 bits per heavy atom. The highest BCUT2D eigenvalue weighted by Gasteiger charge is 2.24. The lowest BCUT2D eigenvalue weighted by Crippen LogP contribution is -2.35. The molecule has 0 radical (unpaired) electrons. The first kappa shape index (κ1) is 19.4. The third-order valence-corrected chi connectivity index (χ3v) is 6.03. The molecule has 1 aromatic heterocycles. The molecule has 27 heavy (non-hydrogen) atoms. The maximum absolute atomic E-state index is 12.4. The fourth-order valence-corrected chi connectivity index (χ4v) is 4.25. The Labute approximate surface area is 163 Å². The molecule has 0 saturated heterocycles. The number of benzene rings is 1. The second kappa shape index (κ2) is 8.57. The molecule has 1 aliphatic carbocycles. The average molecular weight is 388 g/mol. The van der Waals surface area contributed by atoms with E-state index in [4.69, 9.17) is 9.47 Å². The number of hydrogen-bond donors (Lipinski definition) is 1. The number of hydrogen-bond acceptors (Lipinski definition) is 5. The zero-order chi connectivity index (χ0) is 19.4. The quantitative estimate of drug-likeness (QED) is 0.767. The molecule has 0 bridgehead atoms. The number of carbonyl (C=O) groups is 2. The van der Waals surface area contributed by atoms with Crippen molar-refractivity contribution in [2.24, 2.45) is 5.92 Å². The van der Waals surface area contributed by atoms with Crippen LogP contribution in [0, 0.1) is 5.92 Å². The molecule has 0 unspecified atom stereocenters. The van der Waals surface area contributed by atoms with Crippen LogP contribution in [0.1, 0.15) is 45.9 Å². The lowest BCUT2D eigenvalue weighted by molar-refractivity contribution is -0.129. The third-order valence-electron chi connectivity index (χ3n) is 4.81. The van der Waals surface area contributed by atoms with Gasteiger partial charge in [-0.3, -0.25) is 4.79 Å². The Hall–Kier alpha value is -2.34. The van der Waals surface area contributed by atoms with E-state index in [1.165, 1.54) is 21.8 Å². The van der Waals surface area contributed by atoms with Gasteiger partial charge >= 0.3 is 5.97 Å². The highest BCUT2D eigenvalue weighted by Crippen LogP contribution is 2.32. The van der Waals surface area contributed by atoms with Gasteiger partial charge in [-0.2, -0.15) is 0 Å². The van der Waals surface area contributed by atoms with Gasteiger partial charge in [0.25, 0.3) is 5.91 Å². The monoisotopic (exact) mass is 387 g/mol. The first-order chi connectivity index (χ1) is 13.0. The predicted octanol–water partition coefficient (Wildman–Crippen LogP) is 3.74. The molecule has 0 aliphatic heterocycles. The van der Waals surface area contributed by atoms with Crippen molar-refractivity contribution < 1.29 is 19.1 Å². The second-order valence-corrected chi connectivity index (χ2v) is 8.16. The summed E-state index contributed by atoms with van der Waals surface area (Å²) in [5, 5.41) is 2.79. The Bertz CT molecular complexity index is 812. The van der Waals surface area contributed by atoms with Crippen molar-refractivity contribution in [1.82, 2.24) is 5.32 Å². The first-order valence-corrected chi connectivity index (χ1v) is 10.0. The molecular formula is C21H25NO4S. The molecule has 144 valence electrons. The normalized spacial score (nSPS) is 16.9. The summed E-state index contributed by atoms with van der Waals surface area (Å²) in [6.45, 7) is 4.20. The minimum absolute atomic E-state index is 0.311. The van der Waals surface area contributed by atoms with Crippen LogP contribution in [0.2, 0.25) is 0 Å². The van der Waals surface area contributed by atoms with E-state index in [2.05, 4.69) is 12.2 Å². The van der Waals surface area contributed by atoms with Gasteiger partial charge in [0.1, 0.15) is 10.6 Å². The molecule has 0 saturated carbocycles. The SMILES string of the molecule is COc1ccc(CNC(=O)[C@@H](C)OC(=O)c2cc3c(s2)CC[C@@H](C)C3)cc1. The molecule has 1 aromatic carbocycles. The molecule has 3 rings (SSSR count). The van der Waals surface area contributed by atoms with E-state index in [1.54, 1.807) is 14.0 Å². The van der Waals surface area contributed by atoms with Crippen molar-refractivity contribution in [3.63, 3.8) is 0 Å². The number of thiophene rings is 1. The molecule has 1 aliphatic rings. The van der Waals surface area contributed by atoms with Crippen molar-refractivity contribution in [1.29, 1.82) is 0 Å². The van der Waals surface area contributed by atoms with E-state index in [0.717, 1.165) is 30.6 Å². The number of methoxy groups -OCH3 is 1. The summed E-state index contributed by atoms with van der Waals surface area (Å²) in [5.74, 6) is 0.683. The van der Waals surface area contributed by atoms with Gasteiger partial charge in [-0.25, -0.2) is 4.79 Å². The molecule has 2 atom stereocenters. The highest BCUT2D eigenvalue weighted by molar-refractivity contribution is 7.14. The summed E-state index contributed by atoms with van der Waals surface area (Å²) in [7, 11) is 1.61. The van der Waals surface area contributed by atoms with E-state index in [-0.39, 0.29) is 5.91 Å². The van der Waals surface area contributed by atoms with Gasteiger partial charge in [0, 0.05) is 11.4 Å². The minimum Gasteiger partial charge on any atom is -0.497 e. The van der Waals surface area contributed by atoms with Crippen LogP contribution in [-0.4, -0.2) is 25.1 Å². The van der Waals surface area contributed by atoms with Gasteiger partial charge in [-0.15, -0.1) is 11.3 Å². The Morgan fingerprint density at radius 1 is 1.30 bits per heavy atom. The van der Waals surface area contributed by atoms with Crippen LogP contribution in [0.25, 0.3) is 0 Å². The summed E-state index contributed by atoms with van der Waals surface area (Å²) in [5.41, 5.74) is 2.20. The van der Waals surface area contributed by atoms with Crippen molar-refractivity contribution >= 4 is 23.2 Å². The smallest absolute Gasteiger partial charge is 0.349 e. The number of rotatable bonds is 6. The Kier molecular flexibility index (Phi) is 6.16. The van der Waals surface area contributed by atoms with Crippen LogP contribution >= 0.6 is 11.3 Å². The molecule has 5 nitrogen and oxygen atoms in total. The fourth-order valence-electron chi connectivity index (χ4n) is 3.15. The number of carbonyl (C=O) groups excluding carboxylic acids is 2. The first-order valence-electron chi connectivity index (χ1n) is 9.19. The predicted molar refractivity (Wildman–Crippen MR) is 105 cm³/mol. The number of fused-ring (bicyclic) bond motifs is 1. The van der Waals surface area contributed by atoms with Crippen LogP contribution in [0.3, 0.4) is 0 Å². The van der Waals surface area contributed by atoms with Crippen LogP contribution in [0.5, 0.6) is 5.75 Å². The van der Waals surface area contributed by atoms with Crippen LogP contribution < -0.4 is 10.1 Å². The standard InChI is InChI=1S/C21H25NO4S/c1-13-4-9-18-16(10-13)11-19(27-18)21(24)26-14(2)20(23)22-12-15-5-7-17(25-3)8-6-15/h5-8,11,13-14H,4,9-10,12H2,1-3H3,(H,22,23)/t13-,14-/m1/s1. The molecule has 2 aromatic rings. The molecule has 1 amide bonds. The fraction of sp³-hybridized carbons (Fsp3) is 0.429. The lowest BCUT2D eigenvalue weighted by Gasteiger charge is -2.16. The van der Waals surface area contributed by atoms with E-state index in [0.29, 0.717) is 17.3 Å². The van der Waals surface area contributed by atoms with Crippen molar-refractivity contribution in [2.45, 2.75) is 45.8 Å². The number of esters is 1. The Balaban J connectivity index is 1.52.